The maximum Gasteiger partial charge on any atom is 0.225 e. The average Bonchev–Trinajstić information content (AvgIpc) is 2.30. The largest absolute Gasteiger partial charge is 0.340 e. The van der Waals surface area contributed by atoms with E-state index in [2.05, 4.69) is 13.8 Å². The summed E-state index contributed by atoms with van der Waals surface area (Å²) in [7, 11) is 0. The fourth-order valence-corrected chi connectivity index (χ4v) is 2.15. The van der Waals surface area contributed by atoms with Crippen LogP contribution < -0.4 is 5.90 Å². The van der Waals surface area contributed by atoms with Gasteiger partial charge >= 0.3 is 0 Å². The van der Waals surface area contributed by atoms with Gasteiger partial charge in [-0.05, 0) is 25.7 Å². The van der Waals surface area contributed by atoms with Gasteiger partial charge < -0.3 is 4.90 Å². The summed E-state index contributed by atoms with van der Waals surface area (Å²) in [5.41, 5.74) is 0. The SMILES string of the molecule is CCC(CC)C(=O)N1CCCC(ON)C1. The first-order valence-corrected chi connectivity index (χ1v) is 5.87. The van der Waals surface area contributed by atoms with E-state index in [1.54, 1.807) is 0 Å². The Morgan fingerprint density at radius 1 is 1.53 bits per heavy atom. The van der Waals surface area contributed by atoms with Crippen LogP contribution >= 0.6 is 0 Å². The predicted octanol–water partition coefficient (Wildman–Crippen LogP) is 1.30. The monoisotopic (exact) mass is 214 g/mol. The molecule has 2 N–H and O–H groups in total. The molecule has 1 fully saturated rings. The number of nitrogens with two attached hydrogens (primary N) is 1. The Morgan fingerprint density at radius 2 is 2.20 bits per heavy atom. The van der Waals surface area contributed by atoms with E-state index in [0.717, 1.165) is 32.2 Å². The Bertz CT molecular complexity index is 205. The van der Waals surface area contributed by atoms with Crippen molar-refractivity contribution in [2.75, 3.05) is 13.1 Å². The van der Waals surface area contributed by atoms with E-state index in [1.165, 1.54) is 0 Å². The molecular formula is C11H22N2O2. The van der Waals surface area contributed by atoms with Gasteiger partial charge in [-0.25, -0.2) is 5.90 Å². The lowest BCUT2D eigenvalue weighted by Crippen LogP contribution is -2.46. The van der Waals surface area contributed by atoms with E-state index in [-0.39, 0.29) is 17.9 Å². The molecule has 1 amide bonds. The van der Waals surface area contributed by atoms with Crippen LogP contribution in [0.15, 0.2) is 0 Å². The van der Waals surface area contributed by atoms with Crippen LogP contribution in [0.5, 0.6) is 0 Å². The third kappa shape index (κ3) is 3.18. The lowest BCUT2D eigenvalue weighted by Gasteiger charge is -2.33. The molecule has 1 unspecified atom stereocenters. The first kappa shape index (κ1) is 12.5. The molecule has 0 spiro atoms. The molecule has 1 aliphatic heterocycles. The standard InChI is InChI=1S/C11H22N2O2/c1-3-9(4-2)11(14)13-7-5-6-10(8-13)15-12/h9-10H,3-8,12H2,1-2H3. The number of hydrogen-bond acceptors (Lipinski definition) is 3. The van der Waals surface area contributed by atoms with Gasteiger partial charge in [0.2, 0.25) is 5.91 Å². The smallest absolute Gasteiger partial charge is 0.225 e. The maximum absolute atomic E-state index is 12.1. The number of hydrogen-bond donors (Lipinski definition) is 1. The van der Waals surface area contributed by atoms with Gasteiger partial charge in [0, 0.05) is 19.0 Å². The second kappa shape index (κ2) is 6.08. The summed E-state index contributed by atoms with van der Waals surface area (Å²) in [6.07, 6.45) is 3.81. The van der Waals surface area contributed by atoms with E-state index < -0.39 is 0 Å². The van der Waals surface area contributed by atoms with Crippen molar-refractivity contribution in [1.82, 2.24) is 4.90 Å². The molecule has 4 heteroatoms. The predicted molar refractivity (Wildman–Crippen MR) is 58.9 cm³/mol. The Hall–Kier alpha value is -0.610. The van der Waals surface area contributed by atoms with Crippen LogP contribution in [0.2, 0.25) is 0 Å². The average molecular weight is 214 g/mol. The van der Waals surface area contributed by atoms with Crippen LogP contribution in [-0.2, 0) is 9.63 Å². The van der Waals surface area contributed by atoms with E-state index in [9.17, 15) is 4.79 Å². The zero-order chi connectivity index (χ0) is 11.3. The van der Waals surface area contributed by atoms with Crippen molar-refractivity contribution in [3.05, 3.63) is 0 Å². The van der Waals surface area contributed by atoms with Gasteiger partial charge in [-0.2, -0.15) is 0 Å². The molecule has 0 aromatic carbocycles. The Balaban J connectivity index is 2.51. The second-order valence-corrected chi connectivity index (χ2v) is 4.20. The Labute approximate surface area is 91.7 Å². The minimum Gasteiger partial charge on any atom is -0.340 e. The van der Waals surface area contributed by atoms with Crippen molar-refractivity contribution >= 4 is 5.91 Å². The molecule has 0 aromatic heterocycles. The first-order chi connectivity index (χ1) is 7.22. The number of carbonyl (C=O) groups is 1. The topological polar surface area (TPSA) is 55.6 Å². The second-order valence-electron chi connectivity index (χ2n) is 4.20. The molecule has 1 atom stereocenters. The molecular weight excluding hydrogens is 192 g/mol. The summed E-state index contributed by atoms with van der Waals surface area (Å²) in [6, 6.07) is 0. The molecule has 4 nitrogen and oxygen atoms in total. The molecule has 0 aromatic rings. The zero-order valence-electron chi connectivity index (χ0n) is 9.74. The highest BCUT2D eigenvalue weighted by molar-refractivity contribution is 5.78. The van der Waals surface area contributed by atoms with Crippen LogP contribution in [0.25, 0.3) is 0 Å². The lowest BCUT2D eigenvalue weighted by molar-refractivity contribution is -0.140. The summed E-state index contributed by atoms with van der Waals surface area (Å²) in [6.45, 7) is 5.64. The molecule has 0 aliphatic carbocycles. The summed E-state index contributed by atoms with van der Waals surface area (Å²) >= 11 is 0. The summed E-state index contributed by atoms with van der Waals surface area (Å²) in [5.74, 6) is 5.60. The molecule has 1 heterocycles. The van der Waals surface area contributed by atoms with E-state index >= 15 is 0 Å². The van der Waals surface area contributed by atoms with Gasteiger partial charge in [-0.3, -0.25) is 9.63 Å². The van der Waals surface area contributed by atoms with Crippen LogP contribution in [-0.4, -0.2) is 30.0 Å². The van der Waals surface area contributed by atoms with Crippen molar-refractivity contribution < 1.29 is 9.63 Å². The van der Waals surface area contributed by atoms with Gasteiger partial charge in [0.25, 0.3) is 0 Å². The third-order valence-corrected chi connectivity index (χ3v) is 3.22. The molecule has 88 valence electrons. The van der Waals surface area contributed by atoms with Gasteiger partial charge in [0.05, 0.1) is 6.10 Å². The molecule has 1 aliphatic rings. The normalized spacial score (nSPS) is 22.1. The maximum atomic E-state index is 12.1. The summed E-state index contributed by atoms with van der Waals surface area (Å²) < 4.78 is 0. The molecule has 0 saturated carbocycles. The van der Waals surface area contributed by atoms with Crippen LogP contribution in [0, 0.1) is 5.92 Å². The van der Waals surface area contributed by atoms with E-state index in [4.69, 9.17) is 10.7 Å². The molecule has 0 radical (unpaired) electrons. The fourth-order valence-electron chi connectivity index (χ4n) is 2.15. The Kier molecular flexibility index (Phi) is 5.05. The molecule has 0 bridgehead atoms. The highest BCUT2D eigenvalue weighted by Crippen LogP contribution is 2.17. The van der Waals surface area contributed by atoms with Gasteiger partial charge in [0.15, 0.2) is 0 Å². The van der Waals surface area contributed by atoms with Gasteiger partial charge in [-0.15, -0.1) is 0 Å². The van der Waals surface area contributed by atoms with Crippen LogP contribution in [0.1, 0.15) is 39.5 Å². The van der Waals surface area contributed by atoms with Gasteiger partial charge in [0.1, 0.15) is 0 Å². The molecule has 15 heavy (non-hydrogen) atoms. The van der Waals surface area contributed by atoms with Crippen molar-refractivity contribution in [3.63, 3.8) is 0 Å². The van der Waals surface area contributed by atoms with Crippen molar-refractivity contribution in [2.24, 2.45) is 11.8 Å². The number of amides is 1. The van der Waals surface area contributed by atoms with Gasteiger partial charge in [-0.1, -0.05) is 13.8 Å². The molecule has 1 rings (SSSR count). The summed E-state index contributed by atoms with van der Waals surface area (Å²) in [4.78, 5) is 18.8. The minimum absolute atomic E-state index is 0.0251. The lowest BCUT2D eigenvalue weighted by atomic mass is 9.99. The highest BCUT2D eigenvalue weighted by Gasteiger charge is 2.27. The van der Waals surface area contributed by atoms with Crippen molar-refractivity contribution in [1.29, 1.82) is 0 Å². The van der Waals surface area contributed by atoms with E-state index in [0.29, 0.717) is 6.54 Å². The van der Waals surface area contributed by atoms with Crippen LogP contribution in [0.3, 0.4) is 0 Å². The minimum atomic E-state index is 0.0251. The number of rotatable bonds is 4. The zero-order valence-corrected chi connectivity index (χ0v) is 9.74. The number of nitrogens with zero attached hydrogens (tertiary/aromatic N) is 1. The highest BCUT2D eigenvalue weighted by atomic mass is 16.6. The fraction of sp³-hybridized carbons (Fsp3) is 0.909. The number of piperidine rings is 1. The van der Waals surface area contributed by atoms with Crippen molar-refractivity contribution in [2.45, 2.75) is 45.6 Å². The Morgan fingerprint density at radius 3 is 2.73 bits per heavy atom. The van der Waals surface area contributed by atoms with Crippen molar-refractivity contribution in [3.8, 4) is 0 Å². The quantitative estimate of drug-likeness (QED) is 0.718. The van der Waals surface area contributed by atoms with Crippen LogP contribution in [0.4, 0.5) is 0 Å². The first-order valence-electron chi connectivity index (χ1n) is 5.87. The third-order valence-electron chi connectivity index (χ3n) is 3.22. The summed E-state index contributed by atoms with van der Waals surface area (Å²) in [5, 5.41) is 0. The number of carbonyl (C=O) groups excluding carboxylic acids is 1. The number of likely N-dealkylation sites (tertiary alicyclic amines) is 1. The molecule has 1 saturated heterocycles. The van der Waals surface area contributed by atoms with E-state index in [1.807, 2.05) is 4.90 Å².